The van der Waals surface area contributed by atoms with Gasteiger partial charge in [-0.3, -0.25) is 0 Å². The number of benzene rings is 1. The quantitative estimate of drug-likeness (QED) is 0.777. The van der Waals surface area contributed by atoms with Crippen LogP contribution < -0.4 is 5.73 Å². The Balaban J connectivity index is 2.35. The summed E-state index contributed by atoms with van der Waals surface area (Å²) in [5.41, 5.74) is 5.98. The Morgan fingerprint density at radius 1 is 1.43 bits per heavy atom. The molecule has 0 saturated heterocycles. The van der Waals surface area contributed by atoms with Crippen LogP contribution in [0, 0.1) is 0 Å². The van der Waals surface area contributed by atoms with Crippen LogP contribution in [-0.4, -0.2) is 24.8 Å². The molecule has 21 heavy (non-hydrogen) atoms. The third-order valence-electron chi connectivity index (χ3n) is 2.84. The zero-order chi connectivity index (χ0) is 15.6. The fraction of sp³-hybridized carbons (Fsp3) is 0.154. The Morgan fingerprint density at radius 2 is 2.10 bits per heavy atom. The van der Waals surface area contributed by atoms with Crippen LogP contribution in [0.1, 0.15) is 10.4 Å². The van der Waals surface area contributed by atoms with E-state index in [2.05, 4.69) is 15.9 Å². The van der Waals surface area contributed by atoms with E-state index in [0.29, 0.717) is 12.1 Å². The van der Waals surface area contributed by atoms with Crippen molar-refractivity contribution in [1.29, 1.82) is 0 Å². The molecule has 112 valence electrons. The van der Waals surface area contributed by atoms with E-state index in [1.807, 2.05) is 11.4 Å². The fourth-order valence-electron chi connectivity index (χ4n) is 1.80. The minimum Gasteiger partial charge on any atom is -0.389 e. The molecule has 0 aliphatic rings. The van der Waals surface area contributed by atoms with Crippen molar-refractivity contribution >= 4 is 54.5 Å². The third-order valence-corrected chi connectivity index (χ3v) is 6.60. The molecular formula is C13H13BrN2O2S3. The molecule has 2 aromatic rings. The van der Waals surface area contributed by atoms with E-state index in [1.54, 1.807) is 25.2 Å². The normalized spacial score (nSPS) is 11.8. The van der Waals surface area contributed by atoms with Crippen LogP contribution in [0.2, 0.25) is 0 Å². The second-order valence-electron chi connectivity index (χ2n) is 4.35. The van der Waals surface area contributed by atoms with Gasteiger partial charge in [-0.2, -0.15) is 4.31 Å². The van der Waals surface area contributed by atoms with Crippen LogP contribution in [0.3, 0.4) is 0 Å². The number of thiophene rings is 1. The Kier molecular flexibility index (Phi) is 5.15. The lowest BCUT2D eigenvalue weighted by Crippen LogP contribution is -2.28. The molecule has 0 radical (unpaired) electrons. The van der Waals surface area contributed by atoms with E-state index in [1.165, 1.54) is 21.7 Å². The SMILES string of the molecule is CN(Cc1cc(Br)cs1)S(=O)(=O)c1ccccc1C(N)=S. The monoisotopic (exact) mass is 404 g/mol. The lowest BCUT2D eigenvalue weighted by molar-refractivity contribution is 0.469. The molecule has 2 N–H and O–H groups in total. The van der Waals surface area contributed by atoms with E-state index >= 15 is 0 Å². The van der Waals surface area contributed by atoms with Crippen molar-refractivity contribution in [3.63, 3.8) is 0 Å². The first-order valence-electron chi connectivity index (χ1n) is 5.90. The van der Waals surface area contributed by atoms with Gasteiger partial charge in [-0.25, -0.2) is 8.42 Å². The second kappa shape index (κ2) is 6.53. The van der Waals surface area contributed by atoms with Crippen LogP contribution in [-0.2, 0) is 16.6 Å². The van der Waals surface area contributed by atoms with Crippen LogP contribution in [0.25, 0.3) is 0 Å². The molecule has 1 aromatic carbocycles. The number of halogens is 1. The number of nitrogens with zero attached hydrogens (tertiary/aromatic N) is 1. The highest BCUT2D eigenvalue weighted by Gasteiger charge is 2.24. The predicted octanol–water partition coefficient (Wildman–Crippen LogP) is 2.97. The van der Waals surface area contributed by atoms with Crippen molar-refractivity contribution in [1.82, 2.24) is 4.31 Å². The Morgan fingerprint density at radius 3 is 2.67 bits per heavy atom. The maximum Gasteiger partial charge on any atom is 0.243 e. The van der Waals surface area contributed by atoms with Crippen LogP contribution in [0.5, 0.6) is 0 Å². The van der Waals surface area contributed by atoms with E-state index < -0.39 is 10.0 Å². The molecule has 0 aliphatic carbocycles. The van der Waals surface area contributed by atoms with E-state index in [0.717, 1.165) is 9.35 Å². The first kappa shape index (κ1) is 16.6. The molecule has 0 aliphatic heterocycles. The van der Waals surface area contributed by atoms with E-state index in [4.69, 9.17) is 18.0 Å². The summed E-state index contributed by atoms with van der Waals surface area (Å²) < 4.78 is 27.6. The first-order valence-corrected chi connectivity index (χ1v) is 9.42. The van der Waals surface area contributed by atoms with Gasteiger partial charge >= 0.3 is 0 Å². The van der Waals surface area contributed by atoms with Crippen LogP contribution in [0.4, 0.5) is 0 Å². The lowest BCUT2D eigenvalue weighted by Gasteiger charge is -2.18. The van der Waals surface area contributed by atoms with Crippen molar-refractivity contribution in [2.75, 3.05) is 7.05 Å². The maximum absolute atomic E-state index is 12.7. The molecule has 0 unspecified atom stereocenters. The van der Waals surface area contributed by atoms with Gasteiger partial charge in [-0.05, 0) is 28.1 Å². The smallest absolute Gasteiger partial charge is 0.243 e. The van der Waals surface area contributed by atoms with Gasteiger partial charge in [0.15, 0.2) is 0 Å². The highest BCUT2D eigenvalue weighted by Crippen LogP contribution is 2.25. The molecule has 0 amide bonds. The highest BCUT2D eigenvalue weighted by atomic mass is 79.9. The summed E-state index contributed by atoms with van der Waals surface area (Å²) in [6.45, 7) is 0.296. The average molecular weight is 405 g/mol. The highest BCUT2D eigenvalue weighted by molar-refractivity contribution is 9.10. The molecule has 1 heterocycles. The average Bonchev–Trinajstić information content (AvgIpc) is 2.84. The largest absolute Gasteiger partial charge is 0.389 e. The number of sulfonamides is 1. The van der Waals surface area contributed by atoms with Gasteiger partial charge in [0.2, 0.25) is 10.0 Å². The molecule has 2 rings (SSSR count). The van der Waals surface area contributed by atoms with Gasteiger partial charge in [0.05, 0.1) is 4.90 Å². The molecule has 8 heteroatoms. The van der Waals surface area contributed by atoms with Crippen molar-refractivity contribution in [3.8, 4) is 0 Å². The Labute approximate surface area is 141 Å². The number of nitrogens with two attached hydrogens (primary N) is 1. The molecule has 1 aromatic heterocycles. The first-order chi connectivity index (χ1) is 9.82. The summed E-state index contributed by atoms with van der Waals surface area (Å²) in [4.78, 5) is 1.15. The molecular weight excluding hydrogens is 392 g/mol. The molecule has 0 bridgehead atoms. The van der Waals surface area contributed by atoms with Crippen molar-refractivity contribution in [2.24, 2.45) is 5.73 Å². The number of thiocarbonyl (C=S) groups is 1. The molecule has 0 atom stereocenters. The third kappa shape index (κ3) is 3.70. The fourth-order valence-corrected chi connectivity index (χ4v) is 4.98. The topological polar surface area (TPSA) is 63.4 Å². The summed E-state index contributed by atoms with van der Waals surface area (Å²) in [6, 6.07) is 8.40. The minimum atomic E-state index is -3.65. The van der Waals surface area contributed by atoms with Gasteiger partial charge in [0.25, 0.3) is 0 Å². The van der Waals surface area contributed by atoms with Crippen LogP contribution in [0.15, 0.2) is 45.1 Å². The van der Waals surface area contributed by atoms with Gasteiger partial charge in [-0.1, -0.05) is 30.4 Å². The van der Waals surface area contributed by atoms with Gasteiger partial charge in [0.1, 0.15) is 4.99 Å². The summed E-state index contributed by atoms with van der Waals surface area (Å²) in [6.07, 6.45) is 0. The Hall–Kier alpha value is -0.800. The van der Waals surface area contributed by atoms with Gasteiger partial charge < -0.3 is 5.73 Å². The van der Waals surface area contributed by atoms with Crippen molar-refractivity contribution in [2.45, 2.75) is 11.4 Å². The zero-order valence-corrected chi connectivity index (χ0v) is 15.2. The summed E-state index contributed by atoms with van der Waals surface area (Å²) >= 11 is 9.78. The maximum atomic E-state index is 12.7. The number of hydrogen-bond donors (Lipinski definition) is 1. The zero-order valence-electron chi connectivity index (χ0n) is 11.1. The van der Waals surface area contributed by atoms with Crippen molar-refractivity contribution < 1.29 is 8.42 Å². The van der Waals surface area contributed by atoms with Crippen LogP contribution >= 0.6 is 39.5 Å². The lowest BCUT2D eigenvalue weighted by atomic mass is 10.2. The standard InChI is InChI=1S/C13H13BrN2O2S3/c1-16(7-10-6-9(14)8-20-10)21(17,18)12-5-3-2-4-11(12)13(15)19/h2-6,8H,7H2,1H3,(H2,15,19). The molecule has 4 nitrogen and oxygen atoms in total. The summed E-state index contributed by atoms with van der Waals surface area (Å²) in [5.74, 6) is 0. The molecule has 0 saturated carbocycles. The summed E-state index contributed by atoms with van der Waals surface area (Å²) in [5, 5.41) is 1.92. The number of rotatable bonds is 5. The molecule has 0 spiro atoms. The minimum absolute atomic E-state index is 0.0708. The predicted molar refractivity (Wildman–Crippen MR) is 93.0 cm³/mol. The Bertz CT molecular complexity index is 771. The number of hydrogen-bond acceptors (Lipinski definition) is 4. The second-order valence-corrected chi connectivity index (χ2v) is 8.72. The van der Waals surface area contributed by atoms with E-state index in [9.17, 15) is 8.42 Å². The molecule has 0 fully saturated rings. The summed E-state index contributed by atoms with van der Waals surface area (Å²) in [7, 11) is -2.11. The van der Waals surface area contributed by atoms with E-state index in [-0.39, 0.29) is 9.88 Å². The van der Waals surface area contributed by atoms with Gasteiger partial charge in [0, 0.05) is 33.9 Å². The van der Waals surface area contributed by atoms with Crippen molar-refractivity contribution in [3.05, 3.63) is 50.6 Å². The van der Waals surface area contributed by atoms with Gasteiger partial charge in [-0.15, -0.1) is 11.3 Å².